The molecule has 0 spiro atoms. The Morgan fingerprint density at radius 3 is 2.61 bits per heavy atom. The van der Waals surface area contributed by atoms with E-state index in [-0.39, 0.29) is 0 Å². The van der Waals surface area contributed by atoms with Crippen molar-refractivity contribution in [3.05, 3.63) is 0 Å². The SMILES string of the molecule is CC1CC1CN1CCCNC(C2CCCCC2)C1. The minimum absolute atomic E-state index is 0.793. The second kappa shape index (κ2) is 5.92. The predicted molar refractivity (Wildman–Crippen MR) is 76.7 cm³/mol. The molecule has 2 aliphatic carbocycles. The monoisotopic (exact) mass is 250 g/mol. The summed E-state index contributed by atoms with van der Waals surface area (Å²) in [6.45, 7) is 7.70. The molecule has 3 unspecified atom stereocenters. The van der Waals surface area contributed by atoms with Gasteiger partial charge in [-0.15, -0.1) is 0 Å². The van der Waals surface area contributed by atoms with Crippen LogP contribution in [-0.4, -0.2) is 37.1 Å². The summed E-state index contributed by atoms with van der Waals surface area (Å²) in [6, 6.07) is 0.793. The maximum absolute atomic E-state index is 3.84. The van der Waals surface area contributed by atoms with E-state index in [0.29, 0.717) is 0 Å². The Hall–Kier alpha value is -0.0800. The quantitative estimate of drug-likeness (QED) is 0.828. The van der Waals surface area contributed by atoms with Gasteiger partial charge in [-0.2, -0.15) is 0 Å². The molecule has 0 aromatic carbocycles. The Balaban J connectivity index is 1.52. The summed E-state index contributed by atoms with van der Waals surface area (Å²) in [6.07, 6.45) is 10.2. The highest BCUT2D eigenvalue weighted by molar-refractivity contribution is 4.89. The third-order valence-corrected chi connectivity index (χ3v) is 5.50. The van der Waals surface area contributed by atoms with Crippen molar-refractivity contribution in [3.63, 3.8) is 0 Å². The van der Waals surface area contributed by atoms with E-state index in [1.807, 2.05) is 0 Å². The van der Waals surface area contributed by atoms with Crippen LogP contribution in [0, 0.1) is 17.8 Å². The lowest BCUT2D eigenvalue weighted by Gasteiger charge is -2.33. The maximum Gasteiger partial charge on any atom is 0.0223 e. The average molecular weight is 250 g/mol. The molecule has 2 saturated carbocycles. The van der Waals surface area contributed by atoms with Crippen LogP contribution in [0.4, 0.5) is 0 Å². The summed E-state index contributed by atoms with van der Waals surface area (Å²) < 4.78 is 0. The van der Waals surface area contributed by atoms with Crippen molar-refractivity contribution in [1.29, 1.82) is 0 Å². The fraction of sp³-hybridized carbons (Fsp3) is 1.00. The van der Waals surface area contributed by atoms with Crippen molar-refractivity contribution in [2.24, 2.45) is 17.8 Å². The molecule has 3 rings (SSSR count). The van der Waals surface area contributed by atoms with Crippen LogP contribution in [0.2, 0.25) is 0 Å². The smallest absolute Gasteiger partial charge is 0.0223 e. The first-order valence-corrected chi connectivity index (χ1v) is 8.28. The minimum atomic E-state index is 0.793. The fourth-order valence-electron chi connectivity index (χ4n) is 4.03. The number of rotatable bonds is 3. The molecule has 0 aromatic heterocycles. The summed E-state index contributed by atoms with van der Waals surface area (Å²) in [5, 5.41) is 3.84. The van der Waals surface area contributed by atoms with Crippen molar-refractivity contribution < 1.29 is 0 Å². The Morgan fingerprint density at radius 2 is 1.89 bits per heavy atom. The first kappa shape index (κ1) is 12.9. The molecule has 0 amide bonds. The van der Waals surface area contributed by atoms with Crippen molar-refractivity contribution in [1.82, 2.24) is 10.2 Å². The topological polar surface area (TPSA) is 15.3 Å². The van der Waals surface area contributed by atoms with Crippen LogP contribution >= 0.6 is 0 Å². The van der Waals surface area contributed by atoms with Gasteiger partial charge in [-0.05, 0) is 56.5 Å². The second-order valence-corrected chi connectivity index (χ2v) is 7.04. The van der Waals surface area contributed by atoms with Gasteiger partial charge in [-0.1, -0.05) is 26.2 Å². The molecule has 2 heteroatoms. The molecule has 1 aliphatic heterocycles. The first-order chi connectivity index (χ1) is 8.83. The Morgan fingerprint density at radius 1 is 1.11 bits per heavy atom. The van der Waals surface area contributed by atoms with Gasteiger partial charge < -0.3 is 10.2 Å². The van der Waals surface area contributed by atoms with E-state index in [9.17, 15) is 0 Å². The van der Waals surface area contributed by atoms with Crippen LogP contribution in [0.5, 0.6) is 0 Å². The summed E-state index contributed by atoms with van der Waals surface area (Å²) >= 11 is 0. The fourth-order valence-corrected chi connectivity index (χ4v) is 4.03. The summed E-state index contributed by atoms with van der Waals surface area (Å²) in [5.41, 5.74) is 0. The number of hydrogen-bond donors (Lipinski definition) is 1. The molecule has 104 valence electrons. The lowest BCUT2D eigenvalue weighted by molar-refractivity contribution is 0.200. The Labute approximate surface area is 113 Å². The molecule has 18 heavy (non-hydrogen) atoms. The van der Waals surface area contributed by atoms with E-state index < -0.39 is 0 Å². The van der Waals surface area contributed by atoms with Crippen LogP contribution in [0.1, 0.15) is 51.9 Å². The zero-order valence-corrected chi connectivity index (χ0v) is 12.0. The standard InChI is InChI=1S/C16H30N2/c1-13-10-15(13)11-18-9-5-8-17-16(12-18)14-6-3-2-4-7-14/h13-17H,2-12H2,1H3. The Bertz CT molecular complexity index is 260. The lowest BCUT2D eigenvalue weighted by Crippen LogP contribution is -2.44. The highest BCUT2D eigenvalue weighted by Gasteiger charge is 2.35. The highest BCUT2D eigenvalue weighted by atomic mass is 15.2. The third-order valence-electron chi connectivity index (χ3n) is 5.50. The summed E-state index contributed by atoms with van der Waals surface area (Å²) in [4.78, 5) is 2.77. The van der Waals surface area contributed by atoms with Gasteiger partial charge in [-0.25, -0.2) is 0 Å². The van der Waals surface area contributed by atoms with Crippen LogP contribution in [0.15, 0.2) is 0 Å². The van der Waals surface area contributed by atoms with E-state index >= 15 is 0 Å². The summed E-state index contributed by atoms with van der Waals surface area (Å²) in [5.74, 6) is 3.00. The van der Waals surface area contributed by atoms with Crippen LogP contribution in [0.3, 0.4) is 0 Å². The molecule has 1 N–H and O–H groups in total. The van der Waals surface area contributed by atoms with Gasteiger partial charge in [0.2, 0.25) is 0 Å². The molecule has 0 bridgehead atoms. The molecule has 3 fully saturated rings. The highest BCUT2D eigenvalue weighted by Crippen LogP contribution is 2.38. The van der Waals surface area contributed by atoms with Crippen LogP contribution in [-0.2, 0) is 0 Å². The average Bonchev–Trinajstić information content (AvgIpc) is 3.14. The number of nitrogens with one attached hydrogen (secondary N) is 1. The van der Waals surface area contributed by atoms with E-state index in [1.165, 1.54) is 71.1 Å². The maximum atomic E-state index is 3.84. The second-order valence-electron chi connectivity index (χ2n) is 7.04. The molecule has 0 aromatic rings. The molecule has 3 aliphatic rings. The van der Waals surface area contributed by atoms with Gasteiger partial charge in [0.05, 0.1) is 0 Å². The van der Waals surface area contributed by atoms with Crippen LogP contribution in [0.25, 0.3) is 0 Å². The first-order valence-electron chi connectivity index (χ1n) is 8.28. The molecule has 0 radical (unpaired) electrons. The molecule has 1 saturated heterocycles. The normalized spacial score (nSPS) is 39.5. The molecule has 2 nitrogen and oxygen atoms in total. The van der Waals surface area contributed by atoms with E-state index in [0.717, 1.165) is 23.8 Å². The molecule has 1 heterocycles. The molecular weight excluding hydrogens is 220 g/mol. The lowest BCUT2D eigenvalue weighted by atomic mass is 9.83. The van der Waals surface area contributed by atoms with Gasteiger partial charge in [0.15, 0.2) is 0 Å². The zero-order valence-electron chi connectivity index (χ0n) is 12.0. The number of hydrogen-bond acceptors (Lipinski definition) is 2. The van der Waals surface area contributed by atoms with Crippen LogP contribution < -0.4 is 5.32 Å². The minimum Gasteiger partial charge on any atom is -0.312 e. The predicted octanol–water partition coefficient (Wildman–Crippen LogP) is 2.89. The summed E-state index contributed by atoms with van der Waals surface area (Å²) in [7, 11) is 0. The third kappa shape index (κ3) is 3.27. The number of nitrogens with zero attached hydrogens (tertiary/aromatic N) is 1. The molecule has 3 atom stereocenters. The van der Waals surface area contributed by atoms with Crippen molar-refractivity contribution in [2.75, 3.05) is 26.2 Å². The van der Waals surface area contributed by atoms with Gasteiger partial charge in [0, 0.05) is 19.1 Å². The van der Waals surface area contributed by atoms with E-state index in [4.69, 9.17) is 0 Å². The van der Waals surface area contributed by atoms with Gasteiger partial charge in [0.25, 0.3) is 0 Å². The zero-order chi connectivity index (χ0) is 12.4. The van der Waals surface area contributed by atoms with Gasteiger partial charge in [0.1, 0.15) is 0 Å². The Kier molecular flexibility index (Phi) is 4.25. The van der Waals surface area contributed by atoms with Crippen molar-refractivity contribution in [3.8, 4) is 0 Å². The van der Waals surface area contributed by atoms with Gasteiger partial charge >= 0.3 is 0 Å². The van der Waals surface area contributed by atoms with Crippen molar-refractivity contribution in [2.45, 2.75) is 57.9 Å². The van der Waals surface area contributed by atoms with Crippen molar-refractivity contribution >= 4 is 0 Å². The van der Waals surface area contributed by atoms with E-state index in [1.54, 1.807) is 0 Å². The van der Waals surface area contributed by atoms with Gasteiger partial charge in [-0.3, -0.25) is 0 Å². The van der Waals surface area contributed by atoms with E-state index in [2.05, 4.69) is 17.1 Å². The molecular formula is C16H30N2. The largest absolute Gasteiger partial charge is 0.312 e.